The number of nitrogens with one attached hydrogen (secondary N) is 1. The summed E-state index contributed by atoms with van der Waals surface area (Å²) >= 11 is 1.29. The third kappa shape index (κ3) is 4.99. The second-order valence-corrected chi connectivity index (χ2v) is 9.36. The quantitative estimate of drug-likeness (QED) is 0.459. The first-order valence-electron chi connectivity index (χ1n) is 10.8. The van der Waals surface area contributed by atoms with Gasteiger partial charge in [-0.15, -0.1) is 11.8 Å². The molecule has 1 aliphatic heterocycles. The maximum absolute atomic E-state index is 12.9. The number of carbonyl (C=O) groups is 4. The van der Waals surface area contributed by atoms with E-state index in [9.17, 15) is 24.3 Å². The van der Waals surface area contributed by atoms with E-state index in [4.69, 9.17) is 4.74 Å². The molecule has 1 heterocycles. The van der Waals surface area contributed by atoms with Gasteiger partial charge in [0.15, 0.2) is 0 Å². The third-order valence-corrected chi connectivity index (χ3v) is 7.12. The summed E-state index contributed by atoms with van der Waals surface area (Å²) in [4.78, 5) is 51.5. The number of allylic oxidation sites excluding steroid dienone is 2. The molecular formula is C25H24N2O6S. The molecule has 2 N–H and O–H groups in total. The number of ether oxygens (including phenoxy) is 1. The van der Waals surface area contributed by atoms with Crippen LogP contribution in [0, 0.1) is 11.8 Å². The van der Waals surface area contributed by atoms with Gasteiger partial charge in [0, 0.05) is 17.0 Å². The lowest BCUT2D eigenvalue weighted by atomic mass is 9.82. The summed E-state index contributed by atoms with van der Waals surface area (Å²) in [6.07, 6.45) is 4.45. The van der Waals surface area contributed by atoms with Crippen molar-refractivity contribution in [2.24, 2.45) is 11.8 Å². The average molecular weight is 481 g/mol. The minimum absolute atomic E-state index is 0.0970. The van der Waals surface area contributed by atoms with E-state index >= 15 is 0 Å². The summed E-state index contributed by atoms with van der Waals surface area (Å²) in [5.74, 6) is -2.56. The molecule has 1 fully saturated rings. The summed E-state index contributed by atoms with van der Waals surface area (Å²) in [6, 6.07) is 13.7. The monoisotopic (exact) mass is 480 g/mol. The number of nitrogens with zero attached hydrogens (tertiary/aromatic N) is 1. The van der Waals surface area contributed by atoms with Gasteiger partial charge in [-0.1, -0.05) is 12.2 Å². The van der Waals surface area contributed by atoms with Gasteiger partial charge in [-0.25, -0.2) is 4.90 Å². The van der Waals surface area contributed by atoms with Gasteiger partial charge in [0.25, 0.3) is 0 Å². The SMILES string of the molecule is COc1ccc(N2C(=O)CC(Sc3ccc(NC(=O)C4CC=CCC4C(=O)O)cc3)C2=O)cc1. The van der Waals surface area contributed by atoms with Crippen molar-refractivity contribution in [1.29, 1.82) is 0 Å². The van der Waals surface area contributed by atoms with Crippen LogP contribution in [0.1, 0.15) is 19.3 Å². The van der Waals surface area contributed by atoms with Crippen molar-refractivity contribution in [1.82, 2.24) is 0 Å². The van der Waals surface area contributed by atoms with Crippen LogP contribution < -0.4 is 15.0 Å². The van der Waals surface area contributed by atoms with Crippen molar-refractivity contribution in [3.05, 3.63) is 60.7 Å². The normalized spacial score (nSPS) is 22.0. The first-order chi connectivity index (χ1) is 16.4. The predicted octanol–water partition coefficient (Wildman–Crippen LogP) is 3.72. The fraction of sp³-hybridized carbons (Fsp3) is 0.280. The highest BCUT2D eigenvalue weighted by atomic mass is 32.2. The molecule has 2 aromatic rings. The molecule has 8 nitrogen and oxygen atoms in total. The number of imide groups is 1. The molecule has 1 saturated heterocycles. The summed E-state index contributed by atoms with van der Waals surface area (Å²) in [5.41, 5.74) is 1.05. The molecule has 176 valence electrons. The number of rotatable bonds is 7. The van der Waals surface area contributed by atoms with E-state index in [2.05, 4.69) is 5.32 Å². The van der Waals surface area contributed by atoms with Crippen molar-refractivity contribution in [2.75, 3.05) is 17.3 Å². The van der Waals surface area contributed by atoms with Crippen LogP contribution in [0.2, 0.25) is 0 Å². The van der Waals surface area contributed by atoms with Gasteiger partial charge in [-0.3, -0.25) is 19.2 Å². The van der Waals surface area contributed by atoms with Crippen LogP contribution in [-0.2, 0) is 19.2 Å². The molecule has 3 unspecified atom stereocenters. The molecule has 2 aliphatic rings. The predicted molar refractivity (Wildman–Crippen MR) is 128 cm³/mol. The molecule has 0 aromatic heterocycles. The van der Waals surface area contributed by atoms with E-state index in [1.807, 2.05) is 6.08 Å². The smallest absolute Gasteiger partial charge is 0.307 e. The molecule has 0 bridgehead atoms. The summed E-state index contributed by atoms with van der Waals surface area (Å²) < 4.78 is 5.12. The average Bonchev–Trinajstić information content (AvgIpc) is 3.12. The Labute approximate surface area is 201 Å². The highest BCUT2D eigenvalue weighted by molar-refractivity contribution is 8.00. The van der Waals surface area contributed by atoms with Crippen molar-refractivity contribution in [3.8, 4) is 5.75 Å². The number of hydrogen-bond acceptors (Lipinski definition) is 6. The van der Waals surface area contributed by atoms with Crippen molar-refractivity contribution < 1.29 is 29.0 Å². The Balaban J connectivity index is 1.38. The molecule has 0 spiro atoms. The Morgan fingerprint density at radius 1 is 1.00 bits per heavy atom. The van der Waals surface area contributed by atoms with E-state index in [1.54, 1.807) is 61.7 Å². The molecule has 34 heavy (non-hydrogen) atoms. The van der Waals surface area contributed by atoms with E-state index in [-0.39, 0.29) is 24.1 Å². The number of hydrogen-bond donors (Lipinski definition) is 2. The number of anilines is 2. The number of carboxylic acids is 1. The zero-order valence-electron chi connectivity index (χ0n) is 18.5. The molecule has 0 radical (unpaired) electrons. The van der Waals surface area contributed by atoms with Crippen LogP contribution in [0.15, 0.2) is 65.6 Å². The number of methoxy groups -OCH3 is 1. The number of thioether (sulfide) groups is 1. The second kappa shape index (κ2) is 10.1. The molecule has 3 atom stereocenters. The molecule has 9 heteroatoms. The molecular weight excluding hydrogens is 456 g/mol. The van der Waals surface area contributed by atoms with E-state index in [0.717, 1.165) is 4.90 Å². The largest absolute Gasteiger partial charge is 0.497 e. The van der Waals surface area contributed by atoms with Gasteiger partial charge >= 0.3 is 5.97 Å². The standard InChI is InChI=1S/C25H24N2O6S/c1-33-17-10-8-16(9-11-17)27-22(28)14-21(24(27)30)34-18-12-6-15(7-13-18)26-23(29)19-4-2-3-5-20(19)25(31)32/h2-3,6-13,19-21H,4-5,14H2,1H3,(H,26,29)(H,31,32). The number of carboxylic acid groups (broad SMARTS) is 1. The summed E-state index contributed by atoms with van der Waals surface area (Å²) in [5, 5.41) is 11.6. The van der Waals surface area contributed by atoms with Gasteiger partial charge in [0.2, 0.25) is 17.7 Å². The van der Waals surface area contributed by atoms with Gasteiger partial charge < -0.3 is 15.2 Å². The lowest BCUT2D eigenvalue weighted by Gasteiger charge is -2.24. The van der Waals surface area contributed by atoms with E-state index in [0.29, 0.717) is 30.0 Å². The molecule has 3 amide bonds. The fourth-order valence-corrected chi connectivity index (χ4v) is 5.15. The van der Waals surface area contributed by atoms with Crippen molar-refractivity contribution >= 4 is 46.8 Å². The highest BCUT2D eigenvalue weighted by Crippen LogP contribution is 2.35. The van der Waals surface area contributed by atoms with Crippen LogP contribution in [0.25, 0.3) is 0 Å². The van der Waals surface area contributed by atoms with Gasteiger partial charge in [-0.2, -0.15) is 0 Å². The van der Waals surface area contributed by atoms with Crippen LogP contribution in [0.3, 0.4) is 0 Å². The minimum atomic E-state index is -0.976. The van der Waals surface area contributed by atoms with Crippen LogP contribution in [-0.4, -0.2) is 41.2 Å². The zero-order valence-corrected chi connectivity index (χ0v) is 19.3. The first-order valence-corrected chi connectivity index (χ1v) is 11.7. The number of benzene rings is 2. The Morgan fingerprint density at radius 2 is 1.65 bits per heavy atom. The summed E-state index contributed by atoms with van der Waals surface area (Å²) in [7, 11) is 1.55. The number of carbonyl (C=O) groups excluding carboxylic acids is 3. The molecule has 1 aliphatic carbocycles. The fourth-order valence-electron chi connectivity index (χ4n) is 4.09. The lowest BCUT2D eigenvalue weighted by molar-refractivity contribution is -0.146. The molecule has 0 saturated carbocycles. The maximum atomic E-state index is 12.9. The highest BCUT2D eigenvalue weighted by Gasteiger charge is 2.40. The Hall–Kier alpha value is -3.59. The Bertz CT molecular complexity index is 1130. The van der Waals surface area contributed by atoms with E-state index in [1.165, 1.54) is 16.7 Å². The minimum Gasteiger partial charge on any atom is -0.497 e. The van der Waals surface area contributed by atoms with Crippen LogP contribution in [0.4, 0.5) is 11.4 Å². The van der Waals surface area contributed by atoms with Gasteiger partial charge in [0.05, 0.1) is 29.9 Å². The topological polar surface area (TPSA) is 113 Å². The van der Waals surface area contributed by atoms with Crippen molar-refractivity contribution in [2.45, 2.75) is 29.4 Å². The van der Waals surface area contributed by atoms with Crippen LogP contribution >= 0.6 is 11.8 Å². The number of aliphatic carboxylic acids is 1. The van der Waals surface area contributed by atoms with Crippen molar-refractivity contribution in [3.63, 3.8) is 0 Å². The van der Waals surface area contributed by atoms with Crippen LogP contribution in [0.5, 0.6) is 5.75 Å². The molecule has 4 rings (SSSR count). The second-order valence-electron chi connectivity index (χ2n) is 8.08. The summed E-state index contributed by atoms with van der Waals surface area (Å²) in [6.45, 7) is 0. The zero-order chi connectivity index (χ0) is 24.2. The van der Waals surface area contributed by atoms with Gasteiger partial charge in [0.1, 0.15) is 5.75 Å². The third-order valence-electron chi connectivity index (χ3n) is 5.92. The Morgan fingerprint density at radius 3 is 2.26 bits per heavy atom. The molecule has 2 aromatic carbocycles. The first kappa shape index (κ1) is 23.6. The Kier molecular flexibility index (Phi) is 7.02. The van der Waals surface area contributed by atoms with E-state index < -0.39 is 23.1 Å². The lowest BCUT2D eigenvalue weighted by Crippen LogP contribution is -2.34. The number of amides is 3. The van der Waals surface area contributed by atoms with Gasteiger partial charge in [-0.05, 0) is 61.4 Å². The maximum Gasteiger partial charge on any atom is 0.307 e.